The van der Waals surface area contributed by atoms with Gasteiger partial charge in [0.05, 0.1) is 6.54 Å². The van der Waals surface area contributed by atoms with Crippen molar-refractivity contribution >= 4 is 45.2 Å². The van der Waals surface area contributed by atoms with E-state index in [0.29, 0.717) is 24.4 Å². The van der Waals surface area contributed by atoms with Crippen molar-refractivity contribution in [1.29, 1.82) is 0 Å². The van der Waals surface area contributed by atoms with E-state index in [1.807, 2.05) is 66.7 Å². The lowest BCUT2D eigenvalue weighted by atomic mass is 10.1. The fourth-order valence-electron chi connectivity index (χ4n) is 2.97. The van der Waals surface area contributed by atoms with Crippen molar-refractivity contribution in [2.75, 3.05) is 13.1 Å². The third-order valence-electron chi connectivity index (χ3n) is 4.36. The summed E-state index contributed by atoms with van der Waals surface area (Å²) in [5.41, 5.74) is 1.74. The Labute approximate surface area is 161 Å². The van der Waals surface area contributed by atoms with E-state index in [1.54, 1.807) is 16.7 Å². The Morgan fingerprint density at radius 1 is 1.04 bits per heavy atom. The van der Waals surface area contributed by atoms with Gasteiger partial charge in [-0.05, 0) is 34.5 Å². The van der Waals surface area contributed by atoms with Crippen LogP contribution in [0.2, 0.25) is 5.02 Å². The number of aliphatic imine (C=N–C) groups is 1. The molecular weight excluding hydrogens is 364 g/mol. The average Bonchev–Trinajstić information content (AvgIpc) is 3.15. The smallest absolute Gasteiger partial charge is 0.259 e. The first-order valence-electron chi connectivity index (χ1n) is 8.44. The Morgan fingerprint density at radius 3 is 2.65 bits per heavy atom. The first-order chi connectivity index (χ1) is 12.7. The van der Waals surface area contributed by atoms with Crippen LogP contribution in [0.5, 0.6) is 0 Å². The lowest BCUT2D eigenvalue weighted by Crippen LogP contribution is -2.32. The van der Waals surface area contributed by atoms with E-state index in [-0.39, 0.29) is 5.91 Å². The SMILES string of the molecule is O=C(c1ccc2ccccc2c1)N1CCN=C1SCc1ccccc1Cl. The molecule has 1 aliphatic heterocycles. The van der Waals surface area contributed by atoms with Gasteiger partial charge in [0.15, 0.2) is 5.17 Å². The van der Waals surface area contributed by atoms with E-state index < -0.39 is 0 Å². The summed E-state index contributed by atoms with van der Waals surface area (Å²) in [7, 11) is 0. The molecule has 4 rings (SSSR count). The van der Waals surface area contributed by atoms with Crippen LogP contribution in [0, 0.1) is 0 Å². The molecule has 0 atom stereocenters. The van der Waals surface area contributed by atoms with Crippen molar-refractivity contribution in [1.82, 2.24) is 4.90 Å². The Hall–Kier alpha value is -2.30. The summed E-state index contributed by atoms with van der Waals surface area (Å²) in [6.45, 7) is 1.26. The summed E-state index contributed by atoms with van der Waals surface area (Å²) >= 11 is 7.78. The molecule has 0 N–H and O–H groups in total. The number of nitrogens with zero attached hydrogens (tertiary/aromatic N) is 2. The molecule has 130 valence electrons. The molecule has 1 amide bonds. The van der Waals surface area contributed by atoms with Gasteiger partial charge in [-0.25, -0.2) is 0 Å². The summed E-state index contributed by atoms with van der Waals surface area (Å²) in [5.74, 6) is 0.693. The molecule has 5 heteroatoms. The van der Waals surface area contributed by atoms with Crippen molar-refractivity contribution in [3.05, 3.63) is 82.9 Å². The van der Waals surface area contributed by atoms with Gasteiger partial charge in [-0.3, -0.25) is 14.7 Å². The quantitative estimate of drug-likeness (QED) is 0.622. The third kappa shape index (κ3) is 3.48. The second-order valence-corrected chi connectivity index (χ2v) is 7.41. The second-order valence-electron chi connectivity index (χ2n) is 6.06. The molecule has 1 aliphatic rings. The van der Waals surface area contributed by atoms with Gasteiger partial charge in [-0.15, -0.1) is 0 Å². The highest BCUT2D eigenvalue weighted by atomic mass is 35.5. The van der Waals surface area contributed by atoms with E-state index in [2.05, 4.69) is 4.99 Å². The molecule has 0 spiro atoms. The van der Waals surface area contributed by atoms with Gasteiger partial charge in [0.1, 0.15) is 0 Å². The number of amidine groups is 1. The van der Waals surface area contributed by atoms with Crippen molar-refractivity contribution in [2.24, 2.45) is 4.99 Å². The fourth-order valence-corrected chi connectivity index (χ4v) is 4.31. The standard InChI is InChI=1S/C21H17ClN2OS/c22-19-8-4-3-7-18(19)14-26-21-23-11-12-24(21)20(25)17-10-9-15-5-1-2-6-16(15)13-17/h1-10,13H,11-12,14H2. The van der Waals surface area contributed by atoms with Crippen molar-refractivity contribution in [3.63, 3.8) is 0 Å². The van der Waals surface area contributed by atoms with Crippen LogP contribution in [0.25, 0.3) is 10.8 Å². The Balaban J connectivity index is 1.51. The van der Waals surface area contributed by atoms with E-state index >= 15 is 0 Å². The fraction of sp³-hybridized carbons (Fsp3) is 0.143. The van der Waals surface area contributed by atoms with Crippen LogP contribution in [-0.2, 0) is 5.75 Å². The highest BCUT2D eigenvalue weighted by Crippen LogP contribution is 2.26. The highest BCUT2D eigenvalue weighted by molar-refractivity contribution is 8.13. The van der Waals surface area contributed by atoms with Crippen LogP contribution in [0.3, 0.4) is 0 Å². The minimum absolute atomic E-state index is 0.00124. The van der Waals surface area contributed by atoms with Crippen LogP contribution < -0.4 is 0 Å². The van der Waals surface area contributed by atoms with Crippen LogP contribution in [-0.4, -0.2) is 29.1 Å². The highest BCUT2D eigenvalue weighted by Gasteiger charge is 2.25. The van der Waals surface area contributed by atoms with Crippen LogP contribution in [0.15, 0.2) is 71.7 Å². The number of thioether (sulfide) groups is 1. The molecule has 0 saturated heterocycles. The van der Waals surface area contributed by atoms with E-state index in [1.165, 1.54) is 0 Å². The molecule has 26 heavy (non-hydrogen) atoms. The van der Waals surface area contributed by atoms with E-state index in [4.69, 9.17) is 11.6 Å². The number of carbonyl (C=O) groups excluding carboxylic acids is 1. The normalized spacial score (nSPS) is 13.9. The van der Waals surface area contributed by atoms with Crippen LogP contribution >= 0.6 is 23.4 Å². The second kappa shape index (κ2) is 7.52. The van der Waals surface area contributed by atoms with Crippen molar-refractivity contribution in [2.45, 2.75) is 5.75 Å². The molecule has 0 radical (unpaired) electrons. The molecule has 0 aromatic heterocycles. The van der Waals surface area contributed by atoms with Gasteiger partial charge in [0, 0.05) is 22.9 Å². The number of rotatable bonds is 3. The Bertz CT molecular complexity index is 1000. The first kappa shape index (κ1) is 17.1. The lowest BCUT2D eigenvalue weighted by Gasteiger charge is -2.18. The number of amides is 1. The number of benzene rings is 3. The minimum Gasteiger partial charge on any atom is -0.286 e. The summed E-state index contributed by atoms with van der Waals surface area (Å²) in [6, 6.07) is 21.7. The number of hydrogen-bond donors (Lipinski definition) is 0. The summed E-state index contributed by atoms with van der Waals surface area (Å²) < 4.78 is 0. The predicted molar refractivity (Wildman–Crippen MR) is 110 cm³/mol. The zero-order valence-electron chi connectivity index (χ0n) is 14.1. The molecule has 1 heterocycles. The number of carbonyl (C=O) groups is 1. The first-order valence-corrected chi connectivity index (χ1v) is 9.80. The van der Waals surface area contributed by atoms with Crippen molar-refractivity contribution < 1.29 is 4.79 Å². The molecule has 3 aromatic rings. The average molecular weight is 381 g/mol. The molecular formula is C21H17ClN2OS. The Morgan fingerprint density at radius 2 is 1.81 bits per heavy atom. The molecule has 0 saturated carbocycles. The maximum Gasteiger partial charge on any atom is 0.259 e. The number of halogens is 1. The molecule has 0 bridgehead atoms. The maximum atomic E-state index is 13.0. The largest absolute Gasteiger partial charge is 0.286 e. The van der Waals surface area contributed by atoms with Crippen molar-refractivity contribution in [3.8, 4) is 0 Å². The van der Waals surface area contributed by atoms with E-state index in [0.717, 1.165) is 26.5 Å². The molecule has 3 aromatic carbocycles. The zero-order valence-corrected chi connectivity index (χ0v) is 15.6. The molecule has 0 fully saturated rings. The lowest BCUT2D eigenvalue weighted by molar-refractivity contribution is 0.0861. The molecule has 3 nitrogen and oxygen atoms in total. The number of fused-ring (bicyclic) bond motifs is 1. The van der Waals surface area contributed by atoms with Gasteiger partial charge < -0.3 is 0 Å². The summed E-state index contributed by atoms with van der Waals surface area (Å²) in [6.07, 6.45) is 0. The van der Waals surface area contributed by atoms with Gasteiger partial charge >= 0.3 is 0 Å². The third-order valence-corrected chi connectivity index (χ3v) is 5.79. The van der Waals surface area contributed by atoms with Gasteiger partial charge in [0.2, 0.25) is 0 Å². The van der Waals surface area contributed by atoms with Gasteiger partial charge in [-0.1, -0.05) is 71.9 Å². The Kier molecular flexibility index (Phi) is 4.96. The van der Waals surface area contributed by atoms with Gasteiger partial charge in [-0.2, -0.15) is 0 Å². The summed E-state index contributed by atoms with van der Waals surface area (Å²) in [4.78, 5) is 19.3. The monoisotopic (exact) mass is 380 g/mol. The zero-order chi connectivity index (χ0) is 17.9. The topological polar surface area (TPSA) is 32.7 Å². The maximum absolute atomic E-state index is 13.0. The number of hydrogen-bond acceptors (Lipinski definition) is 3. The van der Waals surface area contributed by atoms with E-state index in [9.17, 15) is 4.79 Å². The minimum atomic E-state index is -0.00124. The molecule has 0 aliphatic carbocycles. The van der Waals surface area contributed by atoms with Crippen LogP contribution in [0.1, 0.15) is 15.9 Å². The molecule has 0 unspecified atom stereocenters. The van der Waals surface area contributed by atoms with Crippen LogP contribution in [0.4, 0.5) is 0 Å². The van der Waals surface area contributed by atoms with Gasteiger partial charge in [0.25, 0.3) is 5.91 Å². The summed E-state index contributed by atoms with van der Waals surface area (Å²) in [5, 5.41) is 3.71. The predicted octanol–water partition coefficient (Wildman–Crippen LogP) is 5.24.